The van der Waals surface area contributed by atoms with Crippen LogP contribution in [0.2, 0.25) is 0 Å². The minimum Gasteiger partial charge on any atom is -0.483 e. The Balaban J connectivity index is 2.26. The van der Waals surface area contributed by atoms with E-state index in [1.807, 2.05) is 13.0 Å². The summed E-state index contributed by atoms with van der Waals surface area (Å²) >= 11 is 0. The number of para-hydroxylation sites is 1. The molecule has 0 aliphatic carbocycles. The monoisotopic (exact) mass is 210 g/mol. The summed E-state index contributed by atoms with van der Waals surface area (Å²) in [6, 6.07) is 5.03. The maximum atomic E-state index is 13.4. The van der Waals surface area contributed by atoms with E-state index in [0.29, 0.717) is 12.3 Å². The number of nitrogens with two attached hydrogens (primary N) is 1. The molecule has 1 aliphatic rings. The molecule has 3 nitrogen and oxygen atoms in total. The zero-order valence-corrected chi connectivity index (χ0v) is 8.66. The molecule has 1 aromatic rings. The van der Waals surface area contributed by atoms with Gasteiger partial charge in [-0.25, -0.2) is 4.39 Å². The molecule has 2 rings (SSSR count). The number of halogens is 1. The maximum Gasteiger partial charge on any atom is 0.178 e. The molecule has 82 valence electrons. The van der Waals surface area contributed by atoms with Gasteiger partial charge in [0.15, 0.2) is 11.6 Å². The van der Waals surface area contributed by atoms with E-state index in [9.17, 15) is 4.39 Å². The molecule has 0 saturated carbocycles. The third kappa shape index (κ3) is 1.90. The third-order valence-corrected chi connectivity index (χ3v) is 2.63. The van der Waals surface area contributed by atoms with E-state index in [-0.39, 0.29) is 18.0 Å². The summed E-state index contributed by atoms with van der Waals surface area (Å²) in [6.45, 7) is 2.55. The fraction of sp³-hybridized carbons (Fsp3) is 0.455. The van der Waals surface area contributed by atoms with Crippen LogP contribution in [0.1, 0.15) is 13.3 Å². The van der Waals surface area contributed by atoms with Crippen LogP contribution in [-0.2, 0) is 0 Å². The SMILES string of the molecule is CC1Nc2cccc(F)c2OC1CCN. The minimum absolute atomic E-state index is 0.0561. The average Bonchev–Trinajstić information content (AvgIpc) is 2.21. The molecule has 4 heteroatoms. The van der Waals surface area contributed by atoms with Crippen LogP contribution >= 0.6 is 0 Å². The van der Waals surface area contributed by atoms with Crippen molar-refractivity contribution in [3.05, 3.63) is 24.0 Å². The molecule has 0 aromatic heterocycles. The summed E-state index contributed by atoms with van der Waals surface area (Å²) in [5.41, 5.74) is 6.20. The summed E-state index contributed by atoms with van der Waals surface area (Å²) in [4.78, 5) is 0. The van der Waals surface area contributed by atoms with Gasteiger partial charge in [-0.3, -0.25) is 0 Å². The van der Waals surface area contributed by atoms with Gasteiger partial charge in [-0.05, 0) is 32.0 Å². The van der Waals surface area contributed by atoms with Gasteiger partial charge in [0.2, 0.25) is 0 Å². The first kappa shape index (κ1) is 10.2. The van der Waals surface area contributed by atoms with E-state index < -0.39 is 0 Å². The Hall–Kier alpha value is -1.29. The fourth-order valence-electron chi connectivity index (χ4n) is 1.81. The van der Waals surface area contributed by atoms with Gasteiger partial charge in [-0.15, -0.1) is 0 Å². The van der Waals surface area contributed by atoms with E-state index in [0.717, 1.165) is 12.1 Å². The Morgan fingerprint density at radius 1 is 1.53 bits per heavy atom. The second kappa shape index (κ2) is 4.06. The van der Waals surface area contributed by atoms with Crippen molar-refractivity contribution in [2.24, 2.45) is 5.73 Å². The van der Waals surface area contributed by atoms with Crippen molar-refractivity contribution < 1.29 is 9.13 Å². The van der Waals surface area contributed by atoms with Gasteiger partial charge in [-0.2, -0.15) is 0 Å². The van der Waals surface area contributed by atoms with Gasteiger partial charge in [0, 0.05) is 0 Å². The van der Waals surface area contributed by atoms with Gasteiger partial charge in [0.25, 0.3) is 0 Å². The summed E-state index contributed by atoms with van der Waals surface area (Å²) in [5.74, 6) is -0.0111. The molecule has 15 heavy (non-hydrogen) atoms. The highest BCUT2D eigenvalue weighted by Crippen LogP contribution is 2.34. The first-order chi connectivity index (χ1) is 7.22. The molecule has 3 N–H and O–H groups in total. The van der Waals surface area contributed by atoms with Crippen LogP contribution in [0, 0.1) is 5.82 Å². The molecule has 1 heterocycles. The third-order valence-electron chi connectivity index (χ3n) is 2.63. The second-order valence-corrected chi connectivity index (χ2v) is 3.78. The quantitative estimate of drug-likeness (QED) is 0.781. The molecule has 0 fully saturated rings. The van der Waals surface area contributed by atoms with Gasteiger partial charge in [0.05, 0.1) is 11.7 Å². The molecular weight excluding hydrogens is 195 g/mol. The first-order valence-electron chi connectivity index (χ1n) is 5.14. The smallest absolute Gasteiger partial charge is 0.178 e. The Labute approximate surface area is 88.4 Å². The average molecular weight is 210 g/mol. The molecule has 1 aliphatic heterocycles. The first-order valence-corrected chi connectivity index (χ1v) is 5.14. The number of hydrogen-bond donors (Lipinski definition) is 2. The summed E-state index contributed by atoms with van der Waals surface area (Å²) in [6.07, 6.45) is 0.668. The van der Waals surface area contributed by atoms with Crippen LogP contribution in [-0.4, -0.2) is 18.7 Å². The molecule has 0 spiro atoms. The molecule has 0 amide bonds. The van der Waals surface area contributed by atoms with Crippen molar-refractivity contribution in [2.75, 3.05) is 11.9 Å². The lowest BCUT2D eigenvalue weighted by Crippen LogP contribution is -2.40. The van der Waals surface area contributed by atoms with Crippen LogP contribution in [0.5, 0.6) is 5.75 Å². The molecule has 2 unspecified atom stereocenters. The van der Waals surface area contributed by atoms with Gasteiger partial charge >= 0.3 is 0 Å². The normalized spacial score (nSPS) is 23.9. The Morgan fingerprint density at radius 2 is 2.33 bits per heavy atom. The molecule has 0 saturated heterocycles. The van der Waals surface area contributed by atoms with E-state index in [4.69, 9.17) is 10.5 Å². The lowest BCUT2D eigenvalue weighted by molar-refractivity contribution is 0.160. The number of ether oxygens (including phenoxy) is 1. The predicted octanol–water partition coefficient (Wildman–Crippen LogP) is 1.74. The van der Waals surface area contributed by atoms with Gasteiger partial charge in [0.1, 0.15) is 6.10 Å². The number of hydrogen-bond acceptors (Lipinski definition) is 3. The highest BCUT2D eigenvalue weighted by molar-refractivity contribution is 5.59. The largest absolute Gasteiger partial charge is 0.483 e. The van der Waals surface area contributed by atoms with E-state index in [1.54, 1.807) is 6.07 Å². The highest BCUT2D eigenvalue weighted by atomic mass is 19.1. The fourth-order valence-corrected chi connectivity index (χ4v) is 1.81. The highest BCUT2D eigenvalue weighted by Gasteiger charge is 2.27. The van der Waals surface area contributed by atoms with Crippen LogP contribution < -0.4 is 15.8 Å². The van der Waals surface area contributed by atoms with E-state index >= 15 is 0 Å². The number of rotatable bonds is 2. The van der Waals surface area contributed by atoms with Crippen molar-refractivity contribution in [1.82, 2.24) is 0 Å². The van der Waals surface area contributed by atoms with Gasteiger partial charge in [-0.1, -0.05) is 6.07 Å². The van der Waals surface area contributed by atoms with Crippen LogP contribution in [0.15, 0.2) is 18.2 Å². The minimum atomic E-state index is -0.325. The van der Waals surface area contributed by atoms with Crippen molar-refractivity contribution in [3.63, 3.8) is 0 Å². The lowest BCUT2D eigenvalue weighted by Gasteiger charge is -2.33. The number of fused-ring (bicyclic) bond motifs is 1. The van der Waals surface area contributed by atoms with Gasteiger partial charge < -0.3 is 15.8 Å². The Morgan fingerprint density at radius 3 is 3.07 bits per heavy atom. The van der Waals surface area contributed by atoms with Crippen LogP contribution in [0.4, 0.5) is 10.1 Å². The number of benzene rings is 1. The zero-order chi connectivity index (χ0) is 10.8. The van der Waals surface area contributed by atoms with Crippen molar-refractivity contribution in [3.8, 4) is 5.75 Å². The van der Waals surface area contributed by atoms with E-state index in [1.165, 1.54) is 6.07 Å². The Kier molecular flexibility index (Phi) is 2.77. The second-order valence-electron chi connectivity index (χ2n) is 3.78. The van der Waals surface area contributed by atoms with Crippen molar-refractivity contribution >= 4 is 5.69 Å². The predicted molar refractivity (Wildman–Crippen MR) is 57.6 cm³/mol. The van der Waals surface area contributed by atoms with Crippen molar-refractivity contribution in [1.29, 1.82) is 0 Å². The molecular formula is C11H15FN2O. The molecule has 2 atom stereocenters. The molecule has 0 bridgehead atoms. The Bertz CT molecular complexity index is 356. The molecule has 0 radical (unpaired) electrons. The standard InChI is InChI=1S/C11H15FN2O/c1-7-10(5-6-13)15-11-8(12)3-2-4-9(11)14-7/h2-4,7,10,14H,5-6,13H2,1H3. The summed E-state index contributed by atoms with van der Waals surface area (Å²) in [5, 5.41) is 3.22. The van der Waals surface area contributed by atoms with Crippen LogP contribution in [0.3, 0.4) is 0 Å². The number of anilines is 1. The zero-order valence-electron chi connectivity index (χ0n) is 8.66. The summed E-state index contributed by atoms with van der Waals surface area (Å²) in [7, 11) is 0. The van der Waals surface area contributed by atoms with Crippen LogP contribution in [0.25, 0.3) is 0 Å². The van der Waals surface area contributed by atoms with E-state index in [2.05, 4.69) is 5.32 Å². The maximum absolute atomic E-state index is 13.4. The topological polar surface area (TPSA) is 47.3 Å². The lowest BCUT2D eigenvalue weighted by atomic mass is 10.1. The number of nitrogens with one attached hydrogen (secondary N) is 1. The molecule has 1 aromatic carbocycles. The van der Waals surface area contributed by atoms with Crippen molar-refractivity contribution in [2.45, 2.75) is 25.5 Å². The summed E-state index contributed by atoms with van der Waals surface area (Å²) < 4.78 is 19.0.